The summed E-state index contributed by atoms with van der Waals surface area (Å²) in [6, 6.07) is 3.43. The lowest BCUT2D eigenvalue weighted by Gasteiger charge is -2.34. The second kappa shape index (κ2) is 6.53. The van der Waals surface area contributed by atoms with Crippen LogP contribution in [0.3, 0.4) is 0 Å². The Balaban J connectivity index is 2.06. The fourth-order valence-electron chi connectivity index (χ4n) is 2.80. The van der Waals surface area contributed by atoms with Gasteiger partial charge in [-0.15, -0.1) is 0 Å². The number of hydrogen-bond acceptors (Lipinski definition) is 3. The van der Waals surface area contributed by atoms with E-state index in [1.54, 1.807) is 25.7 Å². The minimum Gasteiger partial charge on any atom is -0.444 e. The van der Waals surface area contributed by atoms with E-state index in [0.29, 0.717) is 37.2 Å². The SMILES string of the molecule is CC(C)(C)OC(=O)N1CCC(c2cc(C(F)(F)F)ccc2N)CC1. The number of benzene rings is 1. The van der Waals surface area contributed by atoms with Gasteiger partial charge in [-0.1, -0.05) is 0 Å². The topological polar surface area (TPSA) is 55.6 Å². The lowest BCUT2D eigenvalue weighted by Crippen LogP contribution is -2.41. The minimum atomic E-state index is -4.39. The number of rotatable bonds is 1. The van der Waals surface area contributed by atoms with Crippen molar-refractivity contribution in [2.75, 3.05) is 18.8 Å². The number of anilines is 1. The lowest BCUT2D eigenvalue weighted by molar-refractivity contribution is -0.137. The van der Waals surface area contributed by atoms with Crippen molar-refractivity contribution in [2.45, 2.75) is 51.3 Å². The van der Waals surface area contributed by atoms with E-state index in [9.17, 15) is 18.0 Å². The number of likely N-dealkylation sites (tertiary alicyclic amines) is 1. The fraction of sp³-hybridized carbons (Fsp3) is 0.588. The number of carbonyl (C=O) groups is 1. The predicted octanol–water partition coefficient (Wildman–Crippen LogP) is 4.40. The molecule has 1 fully saturated rings. The van der Waals surface area contributed by atoms with Crippen LogP contribution in [0, 0.1) is 0 Å². The largest absolute Gasteiger partial charge is 0.444 e. The smallest absolute Gasteiger partial charge is 0.416 e. The Labute approximate surface area is 139 Å². The third-order valence-electron chi connectivity index (χ3n) is 4.00. The molecule has 1 aliphatic rings. The molecule has 2 rings (SSSR count). The van der Waals surface area contributed by atoms with E-state index in [4.69, 9.17) is 10.5 Å². The Hall–Kier alpha value is -1.92. The molecule has 24 heavy (non-hydrogen) atoms. The fourth-order valence-corrected chi connectivity index (χ4v) is 2.80. The van der Waals surface area contributed by atoms with Crippen LogP contribution in [0.2, 0.25) is 0 Å². The van der Waals surface area contributed by atoms with Crippen molar-refractivity contribution in [2.24, 2.45) is 0 Å². The van der Waals surface area contributed by atoms with Gasteiger partial charge in [-0.3, -0.25) is 0 Å². The number of nitrogens with two attached hydrogens (primary N) is 1. The number of nitrogen functional groups attached to an aromatic ring is 1. The van der Waals surface area contributed by atoms with Crippen LogP contribution in [0.4, 0.5) is 23.7 Å². The molecule has 0 saturated carbocycles. The summed E-state index contributed by atoms with van der Waals surface area (Å²) in [7, 11) is 0. The minimum absolute atomic E-state index is 0.0917. The zero-order valence-corrected chi connectivity index (χ0v) is 14.1. The molecule has 134 valence electrons. The average molecular weight is 344 g/mol. The predicted molar refractivity (Wildman–Crippen MR) is 85.6 cm³/mol. The van der Waals surface area contributed by atoms with Crippen LogP contribution >= 0.6 is 0 Å². The standard InChI is InChI=1S/C17H23F3N2O2/c1-16(2,3)24-15(23)22-8-6-11(7-9-22)13-10-12(17(18,19)20)4-5-14(13)21/h4-5,10-11H,6-9,21H2,1-3H3. The van der Waals surface area contributed by atoms with Gasteiger partial charge in [-0.05, 0) is 63.3 Å². The van der Waals surface area contributed by atoms with Gasteiger partial charge >= 0.3 is 12.3 Å². The van der Waals surface area contributed by atoms with E-state index in [1.807, 2.05) is 0 Å². The van der Waals surface area contributed by atoms with Crippen molar-refractivity contribution in [3.8, 4) is 0 Å². The summed E-state index contributed by atoms with van der Waals surface area (Å²) in [5.41, 5.74) is 5.47. The molecule has 7 heteroatoms. The van der Waals surface area contributed by atoms with Gasteiger partial charge in [0.15, 0.2) is 0 Å². The summed E-state index contributed by atoms with van der Waals surface area (Å²) in [5.74, 6) is -0.0917. The molecule has 1 amide bonds. The Morgan fingerprint density at radius 3 is 2.29 bits per heavy atom. The van der Waals surface area contributed by atoms with Crippen LogP contribution in [0.25, 0.3) is 0 Å². The third-order valence-corrected chi connectivity index (χ3v) is 4.00. The van der Waals surface area contributed by atoms with E-state index in [-0.39, 0.29) is 5.92 Å². The summed E-state index contributed by atoms with van der Waals surface area (Å²) in [4.78, 5) is 13.6. The van der Waals surface area contributed by atoms with Gasteiger partial charge in [0, 0.05) is 18.8 Å². The maximum absolute atomic E-state index is 12.9. The molecular formula is C17H23F3N2O2. The summed E-state index contributed by atoms with van der Waals surface area (Å²) >= 11 is 0. The number of carbonyl (C=O) groups excluding carboxylic acids is 1. The van der Waals surface area contributed by atoms with Crippen molar-refractivity contribution < 1.29 is 22.7 Å². The van der Waals surface area contributed by atoms with Crippen molar-refractivity contribution in [1.29, 1.82) is 0 Å². The molecule has 0 atom stereocenters. The highest BCUT2D eigenvalue weighted by Gasteiger charge is 2.33. The summed E-state index contributed by atoms with van der Waals surface area (Å²) in [5, 5.41) is 0. The Morgan fingerprint density at radius 1 is 1.21 bits per heavy atom. The van der Waals surface area contributed by atoms with E-state index in [1.165, 1.54) is 6.07 Å². The monoisotopic (exact) mass is 344 g/mol. The first-order valence-electron chi connectivity index (χ1n) is 7.92. The molecule has 1 aliphatic heterocycles. The molecular weight excluding hydrogens is 321 g/mol. The molecule has 0 radical (unpaired) electrons. The van der Waals surface area contributed by atoms with Crippen LogP contribution in [-0.2, 0) is 10.9 Å². The molecule has 1 aromatic rings. The maximum atomic E-state index is 12.9. The highest BCUT2D eigenvalue weighted by Crippen LogP contribution is 2.37. The molecule has 1 aromatic carbocycles. The van der Waals surface area contributed by atoms with Gasteiger partial charge in [0.25, 0.3) is 0 Å². The van der Waals surface area contributed by atoms with Crippen molar-refractivity contribution in [3.63, 3.8) is 0 Å². The second-order valence-corrected chi connectivity index (χ2v) is 7.08. The maximum Gasteiger partial charge on any atom is 0.416 e. The number of alkyl halides is 3. The van der Waals surface area contributed by atoms with Gasteiger partial charge in [-0.25, -0.2) is 4.79 Å². The number of ether oxygens (including phenoxy) is 1. The number of amides is 1. The van der Waals surface area contributed by atoms with Gasteiger partial charge < -0.3 is 15.4 Å². The van der Waals surface area contributed by atoms with Crippen LogP contribution in [0.1, 0.15) is 50.7 Å². The molecule has 0 bridgehead atoms. The highest BCUT2D eigenvalue weighted by atomic mass is 19.4. The van der Waals surface area contributed by atoms with Gasteiger partial charge in [0.1, 0.15) is 5.60 Å². The summed E-state index contributed by atoms with van der Waals surface area (Å²) in [6.45, 7) is 6.26. The molecule has 1 saturated heterocycles. The number of halogens is 3. The molecule has 4 nitrogen and oxygen atoms in total. The van der Waals surface area contributed by atoms with Gasteiger partial charge in [-0.2, -0.15) is 13.2 Å². The summed E-state index contributed by atoms with van der Waals surface area (Å²) in [6.07, 6.45) is -3.66. The van der Waals surface area contributed by atoms with Crippen molar-refractivity contribution in [1.82, 2.24) is 4.90 Å². The Morgan fingerprint density at radius 2 is 1.79 bits per heavy atom. The van der Waals surface area contributed by atoms with Crippen LogP contribution < -0.4 is 5.73 Å². The van der Waals surface area contributed by atoms with Crippen molar-refractivity contribution >= 4 is 11.8 Å². The average Bonchev–Trinajstić information content (AvgIpc) is 2.45. The van der Waals surface area contributed by atoms with E-state index < -0.39 is 23.4 Å². The Bertz CT molecular complexity index is 601. The molecule has 1 heterocycles. The number of nitrogens with zero attached hydrogens (tertiary/aromatic N) is 1. The molecule has 0 unspecified atom stereocenters. The van der Waals surface area contributed by atoms with Crippen molar-refractivity contribution in [3.05, 3.63) is 29.3 Å². The molecule has 0 aliphatic carbocycles. The highest BCUT2D eigenvalue weighted by molar-refractivity contribution is 5.68. The second-order valence-electron chi connectivity index (χ2n) is 7.08. The normalized spacial score (nSPS) is 17.0. The zero-order valence-electron chi connectivity index (χ0n) is 14.1. The first-order chi connectivity index (χ1) is 11.0. The first kappa shape index (κ1) is 18.4. The van der Waals surface area contributed by atoms with Crippen LogP contribution in [-0.4, -0.2) is 29.7 Å². The molecule has 2 N–H and O–H groups in total. The van der Waals surface area contributed by atoms with Gasteiger partial charge in [0.2, 0.25) is 0 Å². The lowest BCUT2D eigenvalue weighted by atomic mass is 9.87. The van der Waals surface area contributed by atoms with E-state index >= 15 is 0 Å². The Kier molecular flexibility index (Phi) is 5.01. The summed E-state index contributed by atoms with van der Waals surface area (Å²) < 4.78 is 44.0. The number of hydrogen-bond donors (Lipinski definition) is 1. The van der Waals surface area contributed by atoms with E-state index in [0.717, 1.165) is 12.1 Å². The van der Waals surface area contributed by atoms with Crippen LogP contribution in [0.15, 0.2) is 18.2 Å². The van der Waals surface area contributed by atoms with Gasteiger partial charge in [0.05, 0.1) is 5.56 Å². The van der Waals surface area contributed by atoms with Crippen LogP contribution in [0.5, 0.6) is 0 Å². The quantitative estimate of drug-likeness (QED) is 0.768. The molecule has 0 spiro atoms. The number of piperidine rings is 1. The zero-order chi connectivity index (χ0) is 18.1. The first-order valence-corrected chi connectivity index (χ1v) is 7.92. The van der Waals surface area contributed by atoms with E-state index in [2.05, 4.69) is 0 Å². The molecule has 0 aromatic heterocycles. The third kappa shape index (κ3) is 4.55.